The van der Waals surface area contributed by atoms with Crippen LogP contribution in [0, 0.1) is 0 Å². The van der Waals surface area contributed by atoms with Crippen LogP contribution in [0.1, 0.15) is 23.7 Å². The summed E-state index contributed by atoms with van der Waals surface area (Å²) in [5.41, 5.74) is 2.06. The van der Waals surface area contributed by atoms with Crippen LogP contribution in [0.4, 0.5) is 0 Å². The van der Waals surface area contributed by atoms with Crippen molar-refractivity contribution in [1.29, 1.82) is 0 Å². The van der Waals surface area contributed by atoms with Crippen molar-refractivity contribution in [2.75, 3.05) is 13.2 Å². The molecule has 0 spiro atoms. The van der Waals surface area contributed by atoms with Crippen LogP contribution in [0.3, 0.4) is 0 Å². The third-order valence-corrected chi connectivity index (χ3v) is 2.80. The van der Waals surface area contributed by atoms with Crippen LogP contribution in [0.2, 0.25) is 0 Å². The third kappa shape index (κ3) is 1.09. The van der Waals surface area contributed by atoms with E-state index < -0.39 is 6.10 Å². The number of rotatable bonds is 0. The second-order valence-electron chi connectivity index (χ2n) is 3.78. The number of benzene rings is 1. The van der Waals surface area contributed by atoms with Gasteiger partial charge in [-0.3, -0.25) is 0 Å². The van der Waals surface area contributed by atoms with Crippen molar-refractivity contribution >= 4 is 0 Å². The van der Waals surface area contributed by atoms with E-state index in [9.17, 15) is 5.11 Å². The topological polar surface area (TPSA) is 38.7 Å². The molecule has 0 radical (unpaired) electrons. The third-order valence-electron chi connectivity index (χ3n) is 2.80. The summed E-state index contributed by atoms with van der Waals surface area (Å²) in [5, 5.41) is 9.60. The van der Waals surface area contributed by atoms with E-state index in [4.69, 9.17) is 9.47 Å². The van der Waals surface area contributed by atoms with Gasteiger partial charge in [0.05, 0.1) is 6.61 Å². The maximum Gasteiger partial charge on any atom is 0.125 e. The van der Waals surface area contributed by atoms with Crippen LogP contribution in [0.15, 0.2) is 12.1 Å². The van der Waals surface area contributed by atoms with Gasteiger partial charge < -0.3 is 14.6 Å². The van der Waals surface area contributed by atoms with Crippen LogP contribution >= 0.6 is 0 Å². The van der Waals surface area contributed by atoms with Crippen molar-refractivity contribution in [2.45, 2.75) is 18.9 Å². The lowest BCUT2D eigenvalue weighted by atomic mass is 10.0. The van der Waals surface area contributed by atoms with E-state index in [1.807, 2.05) is 12.1 Å². The number of ether oxygens (including phenoxy) is 2. The molecule has 2 heterocycles. The molecule has 0 saturated heterocycles. The number of aryl methyl sites for hydroxylation is 1. The van der Waals surface area contributed by atoms with Gasteiger partial charge in [0.15, 0.2) is 0 Å². The van der Waals surface area contributed by atoms with Gasteiger partial charge in [0.1, 0.15) is 24.2 Å². The van der Waals surface area contributed by atoms with Crippen LogP contribution < -0.4 is 9.47 Å². The molecule has 1 aromatic rings. The number of aliphatic hydroxyl groups is 1. The smallest absolute Gasteiger partial charge is 0.125 e. The first-order valence-electron chi connectivity index (χ1n) is 4.95. The molecular weight excluding hydrogens is 180 g/mol. The first-order valence-corrected chi connectivity index (χ1v) is 4.95. The fourth-order valence-corrected chi connectivity index (χ4v) is 2.04. The minimum absolute atomic E-state index is 0.373. The number of hydrogen-bond acceptors (Lipinski definition) is 3. The van der Waals surface area contributed by atoms with Crippen molar-refractivity contribution in [1.82, 2.24) is 0 Å². The molecule has 14 heavy (non-hydrogen) atoms. The van der Waals surface area contributed by atoms with Crippen molar-refractivity contribution in [2.24, 2.45) is 0 Å². The van der Waals surface area contributed by atoms with E-state index in [2.05, 4.69) is 0 Å². The zero-order valence-electron chi connectivity index (χ0n) is 7.82. The molecule has 1 unspecified atom stereocenters. The number of fused-ring (bicyclic) bond motifs is 2. The largest absolute Gasteiger partial charge is 0.493 e. The van der Waals surface area contributed by atoms with Gasteiger partial charge in [-0.2, -0.15) is 0 Å². The second-order valence-corrected chi connectivity index (χ2v) is 3.78. The molecule has 3 nitrogen and oxygen atoms in total. The van der Waals surface area contributed by atoms with Gasteiger partial charge in [-0.25, -0.2) is 0 Å². The molecule has 1 atom stereocenters. The Kier molecular flexibility index (Phi) is 1.67. The standard InChI is InChI=1S/C11H12O3/c12-9-6-14-11-4-7-2-1-3-13-10(7)5-8(9)11/h4-5,9,12H,1-3,6H2. The summed E-state index contributed by atoms with van der Waals surface area (Å²) in [6.45, 7) is 1.15. The molecular formula is C11H12O3. The molecule has 3 heteroatoms. The predicted molar refractivity (Wildman–Crippen MR) is 50.7 cm³/mol. The fraction of sp³-hybridized carbons (Fsp3) is 0.455. The van der Waals surface area contributed by atoms with E-state index in [0.29, 0.717) is 6.61 Å². The maximum absolute atomic E-state index is 9.60. The average molecular weight is 192 g/mol. The van der Waals surface area contributed by atoms with Gasteiger partial charge >= 0.3 is 0 Å². The molecule has 3 rings (SSSR count). The molecule has 0 aliphatic carbocycles. The Morgan fingerprint density at radius 2 is 2.14 bits per heavy atom. The highest BCUT2D eigenvalue weighted by molar-refractivity contribution is 5.49. The Balaban J connectivity index is 2.11. The quantitative estimate of drug-likeness (QED) is 0.676. The molecule has 2 aliphatic rings. The summed E-state index contributed by atoms with van der Waals surface area (Å²) < 4.78 is 10.9. The normalized spacial score (nSPS) is 23.4. The highest BCUT2D eigenvalue weighted by Gasteiger charge is 2.25. The lowest BCUT2D eigenvalue weighted by molar-refractivity contribution is 0.140. The van der Waals surface area contributed by atoms with Gasteiger partial charge in [0, 0.05) is 5.56 Å². The first kappa shape index (κ1) is 8.12. The molecule has 0 fully saturated rings. The molecule has 0 amide bonds. The highest BCUT2D eigenvalue weighted by Crippen LogP contribution is 2.39. The van der Waals surface area contributed by atoms with E-state index >= 15 is 0 Å². The van der Waals surface area contributed by atoms with Crippen LogP contribution in [-0.2, 0) is 6.42 Å². The molecule has 0 saturated carbocycles. The van der Waals surface area contributed by atoms with Gasteiger partial charge in [-0.1, -0.05) is 0 Å². The summed E-state index contributed by atoms with van der Waals surface area (Å²) in [7, 11) is 0. The fourth-order valence-electron chi connectivity index (χ4n) is 2.04. The maximum atomic E-state index is 9.60. The number of aliphatic hydroxyl groups excluding tert-OH is 1. The van der Waals surface area contributed by atoms with Gasteiger partial charge in [0.2, 0.25) is 0 Å². The minimum Gasteiger partial charge on any atom is -0.493 e. The zero-order valence-corrected chi connectivity index (χ0v) is 7.82. The van der Waals surface area contributed by atoms with Gasteiger partial charge in [0.25, 0.3) is 0 Å². The summed E-state index contributed by atoms with van der Waals surface area (Å²) in [5.74, 6) is 1.74. The summed E-state index contributed by atoms with van der Waals surface area (Å²) in [6, 6.07) is 3.92. The average Bonchev–Trinajstić information content (AvgIpc) is 2.57. The molecule has 1 N–H and O–H groups in total. The molecule has 74 valence electrons. The summed E-state index contributed by atoms with van der Waals surface area (Å²) in [6.07, 6.45) is 1.62. The van der Waals surface area contributed by atoms with E-state index in [-0.39, 0.29) is 0 Å². The Morgan fingerprint density at radius 3 is 3.07 bits per heavy atom. The SMILES string of the molecule is OC1COc2cc3c(cc21)OCCC3. The van der Waals surface area contributed by atoms with Crippen molar-refractivity contribution in [3.05, 3.63) is 23.3 Å². The highest BCUT2D eigenvalue weighted by atomic mass is 16.5. The lowest BCUT2D eigenvalue weighted by Crippen LogP contribution is -2.08. The van der Waals surface area contributed by atoms with Crippen molar-refractivity contribution in [3.8, 4) is 11.5 Å². The minimum atomic E-state index is -0.485. The Morgan fingerprint density at radius 1 is 1.21 bits per heavy atom. The number of hydrogen-bond donors (Lipinski definition) is 1. The lowest BCUT2D eigenvalue weighted by Gasteiger charge is -2.18. The zero-order chi connectivity index (χ0) is 9.54. The van der Waals surface area contributed by atoms with Gasteiger partial charge in [-0.05, 0) is 30.5 Å². The Bertz CT molecular complexity index is 372. The van der Waals surface area contributed by atoms with Crippen LogP contribution in [0.25, 0.3) is 0 Å². The van der Waals surface area contributed by atoms with Crippen LogP contribution in [-0.4, -0.2) is 18.3 Å². The Labute approximate surface area is 82.3 Å². The Hall–Kier alpha value is -1.22. The van der Waals surface area contributed by atoms with E-state index in [1.54, 1.807) is 0 Å². The van der Waals surface area contributed by atoms with Crippen molar-refractivity contribution < 1.29 is 14.6 Å². The van der Waals surface area contributed by atoms with E-state index in [1.165, 1.54) is 5.56 Å². The first-order chi connectivity index (χ1) is 6.84. The molecule has 0 aromatic heterocycles. The summed E-state index contributed by atoms with van der Waals surface area (Å²) >= 11 is 0. The summed E-state index contributed by atoms with van der Waals surface area (Å²) in [4.78, 5) is 0. The molecule has 2 aliphatic heterocycles. The monoisotopic (exact) mass is 192 g/mol. The van der Waals surface area contributed by atoms with E-state index in [0.717, 1.165) is 36.5 Å². The molecule has 0 bridgehead atoms. The predicted octanol–water partition coefficient (Wildman–Crippen LogP) is 1.44. The van der Waals surface area contributed by atoms with Crippen LogP contribution in [0.5, 0.6) is 11.5 Å². The van der Waals surface area contributed by atoms with Crippen molar-refractivity contribution in [3.63, 3.8) is 0 Å². The van der Waals surface area contributed by atoms with Gasteiger partial charge in [-0.15, -0.1) is 0 Å². The second kappa shape index (κ2) is 2.89. The molecule has 1 aromatic carbocycles.